The maximum Gasteiger partial charge on any atom is 0.295 e. The molecule has 1 amide bonds. The lowest BCUT2D eigenvalue weighted by Crippen LogP contribution is -2.35. The largest absolute Gasteiger partial charge is 0.507 e. The number of ether oxygens (including phenoxy) is 1. The molecule has 1 saturated heterocycles. The summed E-state index contributed by atoms with van der Waals surface area (Å²) in [7, 11) is 5.20. The molecular formula is C22H23FN2O4. The van der Waals surface area contributed by atoms with Gasteiger partial charge in [-0.3, -0.25) is 9.59 Å². The first-order valence-electron chi connectivity index (χ1n) is 9.17. The van der Waals surface area contributed by atoms with Crippen molar-refractivity contribution >= 4 is 17.4 Å². The van der Waals surface area contributed by atoms with Crippen molar-refractivity contribution in [1.29, 1.82) is 0 Å². The second-order valence-corrected chi connectivity index (χ2v) is 7.05. The topological polar surface area (TPSA) is 70.1 Å². The highest BCUT2D eigenvalue weighted by atomic mass is 19.1. The Morgan fingerprint density at radius 2 is 1.79 bits per heavy atom. The van der Waals surface area contributed by atoms with E-state index in [1.54, 1.807) is 30.3 Å². The molecule has 29 heavy (non-hydrogen) atoms. The van der Waals surface area contributed by atoms with E-state index < -0.39 is 23.5 Å². The summed E-state index contributed by atoms with van der Waals surface area (Å²) in [5.41, 5.74) is 0.391. The summed E-state index contributed by atoms with van der Waals surface area (Å²) in [5.74, 6) is -1.89. The normalized spacial score (nSPS) is 18.5. The van der Waals surface area contributed by atoms with Gasteiger partial charge in [-0.2, -0.15) is 0 Å². The average molecular weight is 398 g/mol. The zero-order valence-electron chi connectivity index (χ0n) is 16.6. The highest BCUT2D eigenvalue weighted by molar-refractivity contribution is 6.46. The third-order valence-corrected chi connectivity index (χ3v) is 4.89. The number of hydrogen-bond acceptors (Lipinski definition) is 5. The molecule has 152 valence electrons. The number of nitrogens with zero attached hydrogens (tertiary/aromatic N) is 2. The summed E-state index contributed by atoms with van der Waals surface area (Å²) >= 11 is 0. The second kappa shape index (κ2) is 8.45. The molecule has 1 aliphatic rings. The molecule has 1 fully saturated rings. The minimum Gasteiger partial charge on any atom is -0.507 e. The molecule has 0 aliphatic carbocycles. The number of likely N-dealkylation sites (tertiary alicyclic amines) is 1. The van der Waals surface area contributed by atoms with Crippen LogP contribution in [0.5, 0.6) is 5.75 Å². The van der Waals surface area contributed by atoms with Gasteiger partial charge >= 0.3 is 0 Å². The molecule has 1 heterocycles. The fourth-order valence-electron chi connectivity index (χ4n) is 3.34. The van der Waals surface area contributed by atoms with Gasteiger partial charge < -0.3 is 19.6 Å². The van der Waals surface area contributed by atoms with Gasteiger partial charge in [-0.25, -0.2) is 4.39 Å². The molecule has 0 saturated carbocycles. The Balaban J connectivity index is 2.14. The van der Waals surface area contributed by atoms with Crippen LogP contribution in [0.4, 0.5) is 4.39 Å². The van der Waals surface area contributed by atoms with Crippen molar-refractivity contribution in [2.45, 2.75) is 6.04 Å². The van der Waals surface area contributed by atoms with Crippen molar-refractivity contribution in [2.24, 2.45) is 0 Å². The zero-order chi connectivity index (χ0) is 21.1. The van der Waals surface area contributed by atoms with Gasteiger partial charge in [0.05, 0.1) is 18.7 Å². The first-order valence-corrected chi connectivity index (χ1v) is 9.17. The predicted molar refractivity (Wildman–Crippen MR) is 107 cm³/mol. The lowest BCUT2D eigenvalue weighted by atomic mass is 9.95. The van der Waals surface area contributed by atoms with Gasteiger partial charge in [-0.1, -0.05) is 18.2 Å². The monoisotopic (exact) mass is 398 g/mol. The molecule has 0 radical (unpaired) electrons. The average Bonchev–Trinajstić information content (AvgIpc) is 2.96. The van der Waals surface area contributed by atoms with Crippen LogP contribution >= 0.6 is 0 Å². The fourth-order valence-corrected chi connectivity index (χ4v) is 3.34. The van der Waals surface area contributed by atoms with Crippen molar-refractivity contribution in [3.05, 3.63) is 71.0 Å². The number of halogens is 1. The van der Waals surface area contributed by atoms with E-state index in [1.165, 1.54) is 30.2 Å². The van der Waals surface area contributed by atoms with Crippen LogP contribution in [-0.4, -0.2) is 60.9 Å². The Hall–Kier alpha value is -3.19. The molecule has 2 aromatic carbocycles. The number of hydrogen-bond donors (Lipinski definition) is 1. The number of carbonyl (C=O) groups is 2. The van der Waals surface area contributed by atoms with Gasteiger partial charge in [0, 0.05) is 24.2 Å². The molecule has 1 aliphatic heterocycles. The Kier molecular flexibility index (Phi) is 5.98. The Morgan fingerprint density at radius 3 is 2.38 bits per heavy atom. The van der Waals surface area contributed by atoms with Crippen LogP contribution in [-0.2, 0) is 9.59 Å². The Morgan fingerprint density at radius 1 is 1.14 bits per heavy atom. The number of benzene rings is 2. The second-order valence-electron chi connectivity index (χ2n) is 7.05. The zero-order valence-corrected chi connectivity index (χ0v) is 16.6. The molecule has 0 spiro atoms. The summed E-state index contributed by atoms with van der Waals surface area (Å²) in [6, 6.07) is 11.4. The van der Waals surface area contributed by atoms with Gasteiger partial charge in [0.2, 0.25) is 0 Å². The number of aliphatic hydroxyl groups excluding tert-OH is 1. The van der Waals surface area contributed by atoms with E-state index in [0.717, 1.165) is 0 Å². The molecule has 0 aromatic heterocycles. The summed E-state index contributed by atoms with van der Waals surface area (Å²) in [6.07, 6.45) is 0. The van der Waals surface area contributed by atoms with E-state index in [9.17, 15) is 19.1 Å². The molecule has 7 heteroatoms. The first-order chi connectivity index (χ1) is 13.8. The number of likely N-dealkylation sites (N-methyl/N-ethyl adjacent to an activating group) is 1. The van der Waals surface area contributed by atoms with Crippen molar-refractivity contribution in [1.82, 2.24) is 9.80 Å². The van der Waals surface area contributed by atoms with Crippen LogP contribution in [0.25, 0.3) is 5.76 Å². The SMILES string of the molecule is COc1ccc(C(O)=C2C(=O)C(=O)N(CCN(C)C)C2c2ccccc2F)cc1. The quantitative estimate of drug-likeness (QED) is 0.460. The maximum atomic E-state index is 14.6. The smallest absolute Gasteiger partial charge is 0.295 e. The summed E-state index contributed by atoms with van der Waals surface area (Å²) in [6.45, 7) is 0.705. The predicted octanol–water partition coefficient (Wildman–Crippen LogP) is 2.82. The van der Waals surface area contributed by atoms with Crippen LogP contribution < -0.4 is 4.74 Å². The van der Waals surface area contributed by atoms with Gasteiger partial charge in [-0.05, 0) is 44.4 Å². The maximum absolute atomic E-state index is 14.6. The molecule has 1 N–H and O–H groups in total. The highest BCUT2D eigenvalue weighted by Gasteiger charge is 2.46. The number of ketones is 1. The van der Waals surface area contributed by atoms with Crippen LogP contribution in [0.15, 0.2) is 54.1 Å². The van der Waals surface area contributed by atoms with Gasteiger partial charge in [0.25, 0.3) is 11.7 Å². The van der Waals surface area contributed by atoms with Gasteiger partial charge in [0.15, 0.2) is 0 Å². The minimum atomic E-state index is -1.00. The van der Waals surface area contributed by atoms with Crippen LogP contribution in [0.3, 0.4) is 0 Å². The number of methoxy groups -OCH3 is 1. The van der Waals surface area contributed by atoms with Crippen molar-refractivity contribution < 1.29 is 23.8 Å². The molecule has 3 rings (SSSR count). The summed E-state index contributed by atoms with van der Waals surface area (Å²) < 4.78 is 19.7. The molecule has 1 unspecified atom stereocenters. The molecule has 1 atom stereocenters. The first kappa shape index (κ1) is 20.5. The number of aliphatic hydroxyl groups is 1. The Bertz CT molecular complexity index is 954. The van der Waals surface area contributed by atoms with E-state index >= 15 is 0 Å². The molecular weight excluding hydrogens is 375 g/mol. The van der Waals surface area contributed by atoms with Gasteiger partial charge in [-0.15, -0.1) is 0 Å². The highest BCUT2D eigenvalue weighted by Crippen LogP contribution is 2.40. The third-order valence-electron chi connectivity index (χ3n) is 4.89. The van der Waals surface area contributed by atoms with E-state index in [0.29, 0.717) is 17.9 Å². The van der Waals surface area contributed by atoms with Crippen molar-refractivity contribution in [3.8, 4) is 5.75 Å². The summed E-state index contributed by atoms with van der Waals surface area (Å²) in [4.78, 5) is 28.7. The van der Waals surface area contributed by atoms with Gasteiger partial charge in [0.1, 0.15) is 17.3 Å². The third kappa shape index (κ3) is 4.00. The number of Topliss-reactive ketones (excluding diaryl/α,β-unsaturated/α-hetero) is 1. The number of rotatable bonds is 6. The van der Waals surface area contributed by atoms with Crippen molar-refractivity contribution in [2.75, 3.05) is 34.3 Å². The van der Waals surface area contributed by atoms with E-state index in [-0.39, 0.29) is 23.4 Å². The molecule has 2 aromatic rings. The Labute approximate surface area is 168 Å². The van der Waals surface area contributed by atoms with Crippen LogP contribution in [0, 0.1) is 5.82 Å². The van der Waals surface area contributed by atoms with Crippen LogP contribution in [0.2, 0.25) is 0 Å². The van der Waals surface area contributed by atoms with Crippen molar-refractivity contribution in [3.63, 3.8) is 0 Å². The van der Waals surface area contributed by atoms with E-state index in [2.05, 4.69) is 0 Å². The lowest BCUT2D eigenvalue weighted by molar-refractivity contribution is -0.140. The minimum absolute atomic E-state index is 0.121. The van der Waals surface area contributed by atoms with E-state index in [4.69, 9.17) is 4.74 Å². The number of carbonyl (C=O) groups excluding carboxylic acids is 2. The molecule has 6 nitrogen and oxygen atoms in total. The summed E-state index contributed by atoms with van der Waals surface area (Å²) in [5, 5.41) is 10.9. The number of amides is 1. The lowest BCUT2D eigenvalue weighted by Gasteiger charge is -2.26. The van der Waals surface area contributed by atoms with Crippen LogP contribution in [0.1, 0.15) is 17.2 Å². The fraction of sp³-hybridized carbons (Fsp3) is 0.273. The van der Waals surface area contributed by atoms with E-state index in [1.807, 2.05) is 19.0 Å². The molecule has 0 bridgehead atoms. The standard InChI is InChI=1S/C22H23FN2O4/c1-24(2)12-13-25-19(16-6-4-5-7-17(16)23)18(21(27)22(25)28)20(26)14-8-10-15(29-3)11-9-14/h4-11,19,26H,12-13H2,1-3H3.